The Morgan fingerprint density at radius 1 is 1.25 bits per heavy atom. The van der Waals surface area contributed by atoms with Crippen molar-refractivity contribution in [2.24, 2.45) is 0 Å². The van der Waals surface area contributed by atoms with Gasteiger partial charge in [-0.3, -0.25) is 9.13 Å². The van der Waals surface area contributed by atoms with Crippen molar-refractivity contribution >= 4 is 16.1 Å². The third kappa shape index (κ3) is 3.13. The minimum Gasteiger partial charge on any atom is -0.343 e. The SMILES string of the molecule is C#CC(OCC)(P=O)P(=O)(OCC)OCC. The topological polar surface area (TPSA) is 61.8 Å². The van der Waals surface area contributed by atoms with Gasteiger partial charge in [-0.25, -0.2) is 0 Å². The number of ether oxygens (including phenoxy) is 1. The highest BCUT2D eigenvalue weighted by Gasteiger charge is 2.53. The fraction of sp³-hybridized carbons (Fsp3) is 0.778. The molecule has 16 heavy (non-hydrogen) atoms. The maximum atomic E-state index is 12.4. The molecule has 0 fully saturated rings. The van der Waals surface area contributed by atoms with E-state index in [1.54, 1.807) is 20.8 Å². The van der Waals surface area contributed by atoms with Gasteiger partial charge in [-0.05, 0) is 26.7 Å². The summed E-state index contributed by atoms with van der Waals surface area (Å²) in [5.41, 5.74) is 0. The van der Waals surface area contributed by atoms with Gasteiger partial charge >= 0.3 is 12.7 Å². The summed E-state index contributed by atoms with van der Waals surface area (Å²) in [7, 11) is -4.37. The lowest BCUT2D eigenvalue weighted by Crippen LogP contribution is -2.26. The molecule has 1 atom stereocenters. The fourth-order valence-electron chi connectivity index (χ4n) is 1.06. The van der Waals surface area contributed by atoms with Crippen LogP contribution in [0.5, 0.6) is 0 Å². The van der Waals surface area contributed by atoms with Crippen molar-refractivity contribution in [3.8, 4) is 12.3 Å². The van der Waals surface area contributed by atoms with Gasteiger partial charge in [0.05, 0.1) is 13.2 Å². The highest BCUT2D eigenvalue weighted by atomic mass is 31.2. The van der Waals surface area contributed by atoms with E-state index in [2.05, 4.69) is 5.92 Å². The summed E-state index contributed by atoms with van der Waals surface area (Å²) in [6.45, 7) is 5.34. The molecule has 0 radical (unpaired) electrons. The van der Waals surface area contributed by atoms with Crippen LogP contribution in [0.3, 0.4) is 0 Å². The summed E-state index contributed by atoms with van der Waals surface area (Å²) in [4.78, 5) is 0. The highest BCUT2D eigenvalue weighted by Crippen LogP contribution is 2.64. The van der Waals surface area contributed by atoms with Crippen LogP contribution < -0.4 is 0 Å². The third-order valence-corrected chi connectivity index (χ3v) is 5.31. The molecule has 0 aromatic heterocycles. The normalized spacial score (nSPS) is 15.6. The van der Waals surface area contributed by atoms with Crippen LogP contribution in [0, 0.1) is 12.3 Å². The average molecular weight is 266 g/mol. The Kier molecular flexibility index (Phi) is 7.06. The molecule has 0 aromatic carbocycles. The van der Waals surface area contributed by atoms with Crippen LogP contribution in [0.1, 0.15) is 20.8 Å². The molecular formula is C9H16O5P2. The third-order valence-electron chi connectivity index (χ3n) is 1.63. The maximum Gasteiger partial charge on any atom is 0.386 e. The Morgan fingerprint density at radius 3 is 2.00 bits per heavy atom. The molecule has 0 saturated carbocycles. The number of hydrogen-bond acceptors (Lipinski definition) is 5. The van der Waals surface area contributed by atoms with E-state index in [1.165, 1.54) is 0 Å². The molecule has 0 aliphatic carbocycles. The van der Waals surface area contributed by atoms with Crippen molar-refractivity contribution < 1.29 is 22.9 Å². The molecule has 0 N–H and O–H groups in total. The monoisotopic (exact) mass is 266 g/mol. The number of hydrogen-bond donors (Lipinski definition) is 0. The number of terminal acetylenes is 1. The minimum absolute atomic E-state index is 0.128. The largest absolute Gasteiger partial charge is 0.386 e. The molecule has 0 saturated heterocycles. The molecule has 0 amide bonds. The van der Waals surface area contributed by atoms with Gasteiger partial charge < -0.3 is 13.8 Å². The van der Waals surface area contributed by atoms with Crippen LogP contribution in [-0.4, -0.2) is 24.9 Å². The quantitative estimate of drug-likeness (QED) is 0.499. The van der Waals surface area contributed by atoms with Crippen LogP contribution in [0.2, 0.25) is 0 Å². The molecule has 1 unspecified atom stereocenters. The summed E-state index contributed by atoms with van der Waals surface area (Å²) < 4.78 is 38.7. The lowest BCUT2D eigenvalue weighted by atomic mass is 10.7. The number of rotatable bonds is 8. The molecule has 0 rings (SSSR count). The van der Waals surface area contributed by atoms with Gasteiger partial charge in [0.15, 0.2) is 0 Å². The first-order valence-electron chi connectivity index (χ1n) is 4.91. The first-order chi connectivity index (χ1) is 7.55. The molecule has 0 aliphatic rings. The zero-order valence-electron chi connectivity index (χ0n) is 9.63. The van der Waals surface area contributed by atoms with Gasteiger partial charge in [0, 0.05) is 6.61 Å². The van der Waals surface area contributed by atoms with Crippen molar-refractivity contribution in [3.05, 3.63) is 0 Å². The molecular weight excluding hydrogens is 250 g/mol. The van der Waals surface area contributed by atoms with Crippen LogP contribution in [0.15, 0.2) is 0 Å². The molecule has 5 nitrogen and oxygen atoms in total. The van der Waals surface area contributed by atoms with Crippen molar-refractivity contribution in [2.45, 2.75) is 25.9 Å². The van der Waals surface area contributed by atoms with E-state index < -0.39 is 21.1 Å². The average Bonchev–Trinajstić information content (AvgIpc) is 2.26. The van der Waals surface area contributed by atoms with E-state index in [0.29, 0.717) is 0 Å². The van der Waals surface area contributed by atoms with E-state index in [0.717, 1.165) is 0 Å². The lowest BCUT2D eigenvalue weighted by molar-refractivity contribution is 0.0855. The van der Waals surface area contributed by atoms with Gasteiger partial charge in [0.25, 0.3) is 0 Å². The summed E-state index contributed by atoms with van der Waals surface area (Å²) in [6.07, 6.45) is 5.24. The summed E-state index contributed by atoms with van der Waals surface area (Å²) >= 11 is 0. The van der Waals surface area contributed by atoms with E-state index in [1.807, 2.05) is 0 Å². The van der Waals surface area contributed by atoms with Gasteiger partial charge in [-0.1, -0.05) is 0 Å². The molecule has 7 heteroatoms. The predicted octanol–water partition coefficient (Wildman–Crippen LogP) is 2.87. The smallest absolute Gasteiger partial charge is 0.343 e. The first kappa shape index (κ1) is 15.8. The van der Waals surface area contributed by atoms with Gasteiger partial charge in [-0.15, -0.1) is 6.42 Å². The molecule has 0 bridgehead atoms. The second-order valence-electron chi connectivity index (χ2n) is 2.61. The minimum atomic E-state index is -3.76. The van der Waals surface area contributed by atoms with Crippen LogP contribution in [0.4, 0.5) is 0 Å². The summed E-state index contributed by atoms with van der Waals surface area (Å²) in [5, 5.41) is -1.85. The second kappa shape index (κ2) is 7.17. The van der Waals surface area contributed by atoms with E-state index in [-0.39, 0.29) is 19.8 Å². The Bertz CT molecular complexity index is 302. The first-order valence-corrected chi connectivity index (χ1v) is 7.26. The molecule has 0 spiro atoms. The lowest BCUT2D eigenvalue weighted by Gasteiger charge is -2.28. The molecule has 0 aliphatic heterocycles. The van der Waals surface area contributed by atoms with Crippen LogP contribution >= 0.6 is 16.1 Å². The van der Waals surface area contributed by atoms with E-state index in [4.69, 9.17) is 20.2 Å². The second-order valence-corrected chi connectivity index (χ2v) is 5.92. The Labute approximate surface area is 97.6 Å². The standard InChI is InChI=1S/C9H16O5P2/c1-5-9(15-10,12-6-2)16(11,13-7-3)14-8-4/h1H,6-8H2,2-4H3. The van der Waals surface area contributed by atoms with E-state index >= 15 is 0 Å². The Hall–Kier alpha value is -0.230. The molecule has 0 heterocycles. The van der Waals surface area contributed by atoms with Crippen LogP contribution in [0.25, 0.3) is 0 Å². The highest BCUT2D eigenvalue weighted by molar-refractivity contribution is 7.65. The van der Waals surface area contributed by atoms with Gasteiger partial charge in [0.2, 0.25) is 8.46 Å². The van der Waals surface area contributed by atoms with Crippen LogP contribution in [-0.2, 0) is 22.9 Å². The fourth-order valence-corrected chi connectivity index (χ4v) is 3.59. The maximum absolute atomic E-state index is 12.4. The van der Waals surface area contributed by atoms with Gasteiger partial charge in [0.1, 0.15) is 0 Å². The van der Waals surface area contributed by atoms with Crippen molar-refractivity contribution in [1.29, 1.82) is 0 Å². The van der Waals surface area contributed by atoms with E-state index in [9.17, 15) is 9.13 Å². The van der Waals surface area contributed by atoms with Crippen molar-refractivity contribution in [2.75, 3.05) is 19.8 Å². The summed E-state index contributed by atoms with van der Waals surface area (Å²) in [5.74, 6) is 2.12. The van der Waals surface area contributed by atoms with Crippen molar-refractivity contribution in [3.63, 3.8) is 0 Å². The zero-order valence-corrected chi connectivity index (χ0v) is 11.4. The zero-order chi connectivity index (χ0) is 12.7. The Morgan fingerprint density at radius 2 is 1.75 bits per heavy atom. The van der Waals surface area contributed by atoms with Crippen molar-refractivity contribution in [1.82, 2.24) is 0 Å². The molecule has 0 aromatic rings. The predicted molar refractivity (Wildman–Crippen MR) is 61.7 cm³/mol. The molecule has 92 valence electrons. The van der Waals surface area contributed by atoms with Gasteiger partial charge in [-0.2, -0.15) is 0 Å². The summed E-state index contributed by atoms with van der Waals surface area (Å²) in [6, 6.07) is 0. The Balaban J connectivity index is 5.34.